The van der Waals surface area contributed by atoms with Gasteiger partial charge < -0.3 is 13.9 Å². The molecule has 0 amide bonds. The van der Waals surface area contributed by atoms with Gasteiger partial charge >= 0.3 is 7.60 Å². The van der Waals surface area contributed by atoms with E-state index in [1.807, 2.05) is 21.1 Å². The van der Waals surface area contributed by atoms with Crippen molar-refractivity contribution < 1.29 is 18.5 Å². The Bertz CT molecular complexity index is 530. The fraction of sp³-hybridized carbons (Fsp3) is 0.933. The second kappa shape index (κ2) is 23.0. The zero-order chi connectivity index (χ0) is 26.3. The third-order valence-corrected chi connectivity index (χ3v) is 9.26. The van der Waals surface area contributed by atoms with E-state index in [9.17, 15) is 9.46 Å². The van der Waals surface area contributed by atoms with E-state index in [0.29, 0.717) is 17.5 Å². The maximum Gasteiger partial charge on any atom is 0.385 e. The van der Waals surface area contributed by atoms with Gasteiger partial charge in [-0.2, -0.15) is 0 Å². The van der Waals surface area contributed by atoms with E-state index in [2.05, 4.69) is 26.0 Å². The van der Waals surface area contributed by atoms with Crippen LogP contribution in [0.4, 0.5) is 0 Å². The largest absolute Gasteiger partial charge is 0.385 e. The fourth-order valence-corrected chi connectivity index (χ4v) is 6.78. The Morgan fingerprint density at radius 1 is 0.657 bits per heavy atom. The van der Waals surface area contributed by atoms with Crippen LogP contribution in [0.25, 0.3) is 0 Å². The molecular formula is C30H63NO3P+. The second-order valence-electron chi connectivity index (χ2n) is 11.5. The molecule has 2 unspecified atom stereocenters. The van der Waals surface area contributed by atoms with Gasteiger partial charge in [-0.1, -0.05) is 116 Å². The van der Waals surface area contributed by atoms with E-state index >= 15 is 0 Å². The molecule has 210 valence electrons. The van der Waals surface area contributed by atoms with Gasteiger partial charge in [-0.25, -0.2) is 0 Å². The standard InChI is InChI=1S/C30H62NO3P/c1-6-8-9-10-11-12-13-14-15-16-17-18-19-20-21-22-23-24-25-26-27-29-34-35(32,33)30(28-7-2)31(3,4)5/h17-18,30H,6-16,19-29H2,1-5H3/p+1. The van der Waals surface area contributed by atoms with E-state index in [4.69, 9.17) is 4.52 Å². The first-order valence-corrected chi connectivity index (χ1v) is 16.8. The summed E-state index contributed by atoms with van der Waals surface area (Å²) in [6.07, 6.45) is 31.3. The third kappa shape index (κ3) is 21.6. The highest BCUT2D eigenvalue weighted by atomic mass is 31.2. The molecule has 0 saturated carbocycles. The van der Waals surface area contributed by atoms with Crippen LogP contribution in [0.5, 0.6) is 0 Å². The maximum atomic E-state index is 12.7. The molecular weight excluding hydrogens is 453 g/mol. The topological polar surface area (TPSA) is 46.5 Å². The van der Waals surface area contributed by atoms with Crippen LogP contribution in [0.1, 0.15) is 149 Å². The van der Waals surface area contributed by atoms with Crippen LogP contribution in [0, 0.1) is 0 Å². The number of hydrogen-bond acceptors (Lipinski definition) is 2. The molecule has 0 spiro atoms. The van der Waals surface area contributed by atoms with Crippen LogP contribution < -0.4 is 0 Å². The smallest absolute Gasteiger partial charge is 0.320 e. The van der Waals surface area contributed by atoms with Crippen LogP contribution in [-0.2, 0) is 9.09 Å². The molecule has 0 aliphatic carbocycles. The minimum Gasteiger partial charge on any atom is -0.320 e. The predicted molar refractivity (Wildman–Crippen MR) is 155 cm³/mol. The molecule has 1 N–H and O–H groups in total. The minimum absolute atomic E-state index is 0.336. The molecule has 4 nitrogen and oxygen atoms in total. The van der Waals surface area contributed by atoms with Crippen LogP contribution in [-0.4, -0.2) is 42.9 Å². The van der Waals surface area contributed by atoms with Crippen LogP contribution in [0.2, 0.25) is 0 Å². The molecule has 2 atom stereocenters. The van der Waals surface area contributed by atoms with Gasteiger partial charge in [0.15, 0.2) is 5.78 Å². The van der Waals surface area contributed by atoms with Crippen LogP contribution in [0.15, 0.2) is 12.2 Å². The van der Waals surface area contributed by atoms with Crippen molar-refractivity contribution in [2.45, 2.75) is 154 Å². The molecule has 0 saturated heterocycles. The predicted octanol–water partition coefficient (Wildman–Crippen LogP) is 10.0. The van der Waals surface area contributed by atoms with Crippen LogP contribution in [0.3, 0.4) is 0 Å². The van der Waals surface area contributed by atoms with Gasteiger partial charge in [0.05, 0.1) is 27.7 Å². The Kier molecular flexibility index (Phi) is 22.9. The number of nitrogens with zero attached hydrogens (tertiary/aromatic N) is 1. The van der Waals surface area contributed by atoms with Crippen molar-refractivity contribution in [1.82, 2.24) is 0 Å². The molecule has 0 rings (SSSR count). The van der Waals surface area contributed by atoms with Crippen molar-refractivity contribution >= 4 is 7.60 Å². The molecule has 0 aromatic rings. The lowest BCUT2D eigenvalue weighted by molar-refractivity contribution is -0.883. The molecule has 0 heterocycles. The van der Waals surface area contributed by atoms with E-state index in [1.54, 1.807) is 0 Å². The zero-order valence-electron chi connectivity index (χ0n) is 24.4. The first-order chi connectivity index (χ1) is 16.8. The van der Waals surface area contributed by atoms with E-state index in [1.165, 1.54) is 109 Å². The molecule has 0 aromatic carbocycles. The summed E-state index contributed by atoms with van der Waals surface area (Å²) in [7, 11) is 2.35. The second-order valence-corrected chi connectivity index (χ2v) is 13.5. The third-order valence-electron chi connectivity index (χ3n) is 7.00. The van der Waals surface area contributed by atoms with E-state index < -0.39 is 7.60 Å². The summed E-state index contributed by atoms with van der Waals surface area (Å²) in [6.45, 7) is 4.74. The molecule has 0 aliphatic heterocycles. The van der Waals surface area contributed by atoms with Crippen molar-refractivity contribution in [3.63, 3.8) is 0 Å². The van der Waals surface area contributed by atoms with Crippen molar-refractivity contribution in [2.24, 2.45) is 0 Å². The Morgan fingerprint density at radius 3 is 1.46 bits per heavy atom. The van der Waals surface area contributed by atoms with Gasteiger partial charge in [0, 0.05) is 6.42 Å². The lowest BCUT2D eigenvalue weighted by Gasteiger charge is -2.35. The minimum atomic E-state index is -3.57. The summed E-state index contributed by atoms with van der Waals surface area (Å²) in [5, 5.41) is 0. The van der Waals surface area contributed by atoms with Gasteiger partial charge in [0.1, 0.15) is 0 Å². The lowest BCUT2D eigenvalue weighted by Crippen LogP contribution is -2.45. The summed E-state index contributed by atoms with van der Waals surface area (Å²) >= 11 is 0. The van der Waals surface area contributed by atoms with Gasteiger partial charge in [0.2, 0.25) is 0 Å². The number of unbranched alkanes of at least 4 members (excludes halogenated alkanes) is 17. The molecule has 0 bridgehead atoms. The zero-order valence-corrected chi connectivity index (χ0v) is 25.3. The normalized spacial score (nSPS) is 15.0. The Balaban J connectivity index is 3.47. The average molecular weight is 517 g/mol. The van der Waals surface area contributed by atoms with Crippen molar-refractivity contribution in [3.05, 3.63) is 12.2 Å². The molecule has 0 radical (unpaired) electrons. The Hall–Kier alpha value is -0.150. The SMILES string of the molecule is CCCCCCCCCCCC=CCCCCCCCCCCOP(=O)(O)C(CCC)[N+](C)(C)C. The molecule has 0 aromatic heterocycles. The lowest BCUT2D eigenvalue weighted by atomic mass is 10.1. The Morgan fingerprint density at radius 2 is 1.06 bits per heavy atom. The summed E-state index contributed by atoms with van der Waals surface area (Å²) in [5.74, 6) is -0.336. The van der Waals surface area contributed by atoms with Crippen molar-refractivity contribution in [3.8, 4) is 0 Å². The van der Waals surface area contributed by atoms with E-state index in [-0.39, 0.29) is 5.78 Å². The highest BCUT2D eigenvalue weighted by molar-refractivity contribution is 7.53. The Labute approximate surface area is 220 Å². The summed E-state index contributed by atoms with van der Waals surface area (Å²) in [4.78, 5) is 10.4. The van der Waals surface area contributed by atoms with Crippen LogP contribution >= 0.6 is 7.60 Å². The summed E-state index contributed by atoms with van der Waals surface area (Å²) < 4.78 is 18.6. The molecule has 5 heteroatoms. The first-order valence-electron chi connectivity index (χ1n) is 15.2. The van der Waals surface area contributed by atoms with Gasteiger partial charge in [-0.3, -0.25) is 4.57 Å². The number of quaternary nitrogens is 1. The number of hydrogen-bond donors (Lipinski definition) is 1. The molecule has 0 aliphatic rings. The number of rotatable bonds is 26. The van der Waals surface area contributed by atoms with Gasteiger partial charge in [-0.15, -0.1) is 0 Å². The first kappa shape index (κ1) is 34.9. The monoisotopic (exact) mass is 516 g/mol. The van der Waals surface area contributed by atoms with Gasteiger partial charge in [0.25, 0.3) is 0 Å². The number of allylic oxidation sites excluding steroid dienone is 2. The highest BCUT2D eigenvalue weighted by Gasteiger charge is 2.41. The van der Waals surface area contributed by atoms with Gasteiger partial charge in [-0.05, 0) is 38.5 Å². The summed E-state index contributed by atoms with van der Waals surface area (Å²) in [5.41, 5.74) is 0. The average Bonchev–Trinajstić information content (AvgIpc) is 2.80. The van der Waals surface area contributed by atoms with Crippen molar-refractivity contribution in [1.29, 1.82) is 0 Å². The molecule has 35 heavy (non-hydrogen) atoms. The summed E-state index contributed by atoms with van der Waals surface area (Å²) in [6, 6.07) is 0. The highest BCUT2D eigenvalue weighted by Crippen LogP contribution is 2.51. The van der Waals surface area contributed by atoms with E-state index in [0.717, 1.165) is 19.3 Å². The quantitative estimate of drug-likeness (QED) is 0.0538. The van der Waals surface area contributed by atoms with Crippen molar-refractivity contribution in [2.75, 3.05) is 27.7 Å². The maximum absolute atomic E-state index is 12.7. The molecule has 0 fully saturated rings. The fourth-order valence-electron chi connectivity index (χ4n) is 4.76.